The molecule has 0 bridgehead atoms. The normalized spacial score (nSPS) is 12.4. The minimum Gasteiger partial charge on any atom is -0.491 e. The van der Waals surface area contributed by atoms with Gasteiger partial charge in [-0.2, -0.15) is 0 Å². The molecule has 0 aliphatic rings. The summed E-state index contributed by atoms with van der Waals surface area (Å²) in [4.78, 5) is 0. The molecule has 2 nitrogen and oxygen atoms in total. The third-order valence-corrected chi connectivity index (χ3v) is 3.94. The van der Waals surface area contributed by atoms with Crippen LogP contribution in [0.15, 0.2) is 53.0 Å². The van der Waals surface area contributed by atoms with Crippen LogP contribution in [0.4, 0.5) is 0 Å². The number of benzene rings is 2. The monoisotopic (exact) mass is 347 g/mol. The number of nitrogens with one attached hydrogen (secondary N) is 1. The average Bonchev–Trinajstić information content (AvgIpc) is 2.46. The van der Waals surface area contributed by atoms with E-state index in [1.54, 1.807) is 0 Å². The molecule has 2 aromatic carbocycles. The highest BCUT2D eigenvalue weighted by atomic mass is 79.9. The Bertz CT molecular complexity index is 583. The SMILES string of the molecule is CCNC(c1ccccc1Br)c1ccccc1OC(C)C. The number of para-hydroxylation sites is 1. The van der Waals surface area contributed by atoms with Crippen molar-refractivity contribution >= 4 is 15.9 Å². The molecule has 0 aromatic heterocycles. The lowest BCUT2D eigenvalue weighted by Crippen LogP contribution is -2.23. The first-order valence-electron chi connectivity index (χ1n) is 7.36. The van der Waals surface area contributed by atoms with Crippen LogP contribution in [0, 0.1) is 0 Å². The molecule has 1 N–H and O–H groups in total. The van der Waals surface area contributed by atoms with Gasteiger partial charge < -0.3 is 10.1 Å². The minimum atomic E-state index is 0.112. The maximum atomic E-state index is 5.98. The van der Waals surface area contributed by atoms with Crippen LogP contribution in [0.5, 0.6) is 5.75 Å². The van der Waals surface area contributed by atoms with Crippen molar-refractivity contribution in [1.29, 1.82) is 0 Å². The molecule has 0 spiro atoms. The van der Waals surface area contributed by atoms with Gasteiger partial charge >= 0.3 is 0 Å². The summed E-state index contributed by atoms with van der Waals surface area (Å²) in [5.41, 5.74) is 2.39. The van der Waals surface area contributed by atoms with E-state index < -0.39 is 0 Å². The summed E-state index contributed by atoms with van der Waals surface area (Å²) < 4.78 is 7.09. The van der Waals surface area contributed by atoms with E-state index in [1.807, 2.05) is 18.2 Å². The molecule has 0 radical (unpaired) electrons. The molecule has 0 aliphatic heterocycles. The highest BCUT2D eigenvalue weighted by molar-refractivity contribution is 9.10. The molecule has 2 rings (SSSR count). The first-order valence-corrected chi connectivity index (χ1v) is 8.16. The smallest absolute Gasteiger partial charge is 0.124 e. The predicted molar refractivity (Wildman–Crippen MR) is 91.9 cm³/mol. The van der Waals surface area contributed by atoms with Crippen molar-refractivity contribution in [2.24, 2.45) is 0 Å². The van der Waals surface area contributed by atoms with E-state index >= 15 is 0 Å². The Kier molecular flexibility index (Phi) is 5.83. The Morgan fingerprint density at radius 2 is 1.62 bits per heavy atom. The van der Waals surface area contributed by atoms with Gasteiger partial charge in [-0.15, -0.1) is 0 Å². The van der Waals surface area contributed by atoms with Crippen LogP contribution >= 0.6 is 15.9 Å². The number of hydrogen-bond acceptors (Lipinski definition) is 2. The summed E-state index contributed by atoms with van der Waals surface area (Å²) in [5.74, 6) is 0.939. The number of halogens is 1. The van der Waals surface area contributed by atoms with E-state index in [4.69, 9.17) is 4.74 Å². The van der Waals surface area contributed by atoms with Gasteiger partial charge in [0.2, 0.25) is 0 Å². The van der Waals surface area contributed by atoms with Crippen LogP contribution < -0.4 is 10.1 Å². The van der Waals surface area contributed by atoms with Gasteiger partial charge in [-0.25, -0.2) is 0 Å². The van der Waals surface area contributed by atoms with Gasteiger partial charge in [-0.3, -0.25) is 0 Å². The van der Waals surface area contributed by atoms with E-state index in [0.717, 1.165) is 16.8 Å². The summed E-state index contributed by atoms with van der Waals surface area (Å²) in [6.07, 6.45) is 0.160. The number of rotatable bonds is 6. The fourth-order valence-electron chi connectivity index (χ4n) is 2.38. The first-order chi connectivity index (χ1) is 10.1. The lowest BCUT2D eigenvalue weighted by atomic mass is 9.97. The molecule has 0 amide bonds. The fourth-order valence-corrected chi connectivity index (χ4v) is 2.89. The van der Waals surface area contributed by atoms with Gasteiger partial charge in [0.05, 0.1) is 12.1 Å². The lowest BCUT2D eigenvalue weighted by molar-refractivity contribution is 0.238. The van der Waals surface area contributed by atoms with Gasteiger partial charge in [0.15, 0.2) is 0 Å². The van der Waals surface area contributed by atoms with E-state index in [2.05, 4.69) is 72.3 Å². The average molecular weight is 348 g/mol. The molecule has 21 heavy (non-hydrogen) atoms. The molecule has 1 atom stereocenters. The second kappa shape index (κ2) is 7.62. The predicted octanol–water partition coefficient (Wildman–Crippen LogP) is 4.94. The molecule has 1 unspecified atom stereocenters. The van der Waals surface area contributed by atoms with E-state index in [0.29, 0.717) is 0 Å². The zero-order chi connectivity index (χ0) is 15.2. The first kappa shape index (κ1) is 16.1. The van der Waals surface area contributed by atoms with E-state index in [-0.39, 0.29) is 12.1 Å². The molecule has 3 heteroatoms. The molecular weight excluding hydrogens is 326 g/mol. The molecule has 0 heterocycles. The Morgan fingerprint density at radius 1 is 1.00 bits per heavy atom. The van der Waals surface area contributed by atoms with Gasteiger partial charge in [0.1, 0.15) is 5.75 Å². The molecule has 0 aliphatic carbocycles. The minimum absolute atomic E-state index is 0.112. The third kappa shape index (κ3) is 4.08. The molecule has 0 fully saturated rings. The van der Waals surface area contributed by atoms with Crippen LogP contribution in [0.1, 0.15) is 37.9 Å². The topological polar surface area (TPSA) is 21.3 Å². The van der Waals surface area contributed by atoms with Gasteiger partial charge in [0, 0.05) is 10.0 Å². The van der Waals surface area contributed by atoms with Crippen LogP contribution in [0.2, 0.25) is 0 Å². The highest BCUT2D eigenvalue weighted by Gasteiger charge is 2.19. The number of hydrogen-bond donors (Lipinski definition) is 1. The summed E-state index contributed by atoms with van der Waals surface area (Å²) >= 11 is 3.66. The highest BCUT2D eigenvalue weighted by Crippen LogP contribution is 2.34. The Hall–Kier alpha value is -1.32. The lowest BCUT2D eigenvalue weighted by Gasteiger charge is -2.23. The van der Waals surface area contributed by atoms with Crippen molar-refractivity contribution in [1.82, 2.24) is 5.32 Å². The fraction of sp³-hybridized carbons (Fsp3) is 0.333. The quantitative estimate of drug-likeness (QED) is 0.799. The summed E-state index contributed by atoms with van der Waals surface area (Å²) in [7, 11) is 0. The molecular formula is C18H22BrNO. The Morgan fingerprint density at radius 3 is 2.24 bits per heavy atom. The van der Waals surface area contributed by atoms with Crippen molar-refractivity contribution in [3.63, 3.8) is 0 Å². The maximum absolute atomic E-state index is 5.98. The van der Waals surface area contributed by atoms with Crippen molar-refractivity contribution in [3.8, 4) is 5.75 Å². The van der Waals surface area contributed by atoms with Crippen molar-refractivity contribution in [2.45, 2.75) is 32.9 Å². The van der Waals surface area contributed by atoms with Gasteiger partial charge in [0.25, 0.3) is 0 Å². The maximum Gasteiger partial charge on any atom is 0.124 e. The second-order valence-electron chi connectivity index (χ2n) is 5.22. The summed E-state index contributed by atoms with van der Waals surface area (Å²) in [6.45, 7) is 7.12. The van der Waals surface area contributed by atoms with Crippen molar-refractivity contribution in [2.75, 3.05) is 6.54 Å². The van der Waals surface area contributed by atoms with E-state index in [1.165, 1.54) is 11.1 Å². The van der Waals surface area contributed by atoms with Crippen LogP contribution in [0.25, 0.3) is 0 Å². The number of ether oxygens (including phenoxy) is 1. The molecule has 0 saturated carbocycles. The summed E-state index contributed by atoms with van der Waals surface area (Å²) in [5, 5.41) is 3.56. The van der Waals surface area contributed by atoms with Crippen molar-refractivity contribution in [3.05, 3.63) is 64.1 Å². The zero-order valence-electron chi connectivity index (χ0n) is 12.8. The Balaban J connectivity index is 2.46. The summed E-state index contributed by atoms with van der Waals surface area (Å²) in [6, 6.07) is 16.7. The zero-order valence-corrected chi connectivity index (χ0v) is 14.4. The third-order valence-electron chi connectivity index (χ3n) is 3.22. The van der Waals surface area contributed by atoms with E-state index in [9.17, 15) is 0 Å². The van der Waals surface area contributed by atoms with Crippen LogP contribution in [-0.4, -0.2) is 12.6 Å². The largest absolute Gasteiger partial charge is 0.491 e. The van der Waals surface area contributed by atoms with Gasteiger partial charge in [-0.05, 0) is 38.1 Å². The van der Waals surface area contributed by atoms with Gasteiger partial charge in [-0.1, -0.05) is 59.3 Å². The van der Waals surface area contributed by atoms with Crippen LogP contribution in [0.3, 0.4) is 0 Å². The molecule has 2 aromatic rings. The Labute approximate surface area is 135 Å². The van der Waals surface area contributed by atoms with Crippen LogP contribution in [-0.2, 0) is 0 Å². The molecule has 112 valence electrons. The second-order valence-corrected chi connectivity index (χ2v) is 6.07. The van der Waals surface area contributed by atoms with Crippen molar-refractivity contribution < 1.29 is 4.74 Å². The molecule has 0 saturated heterocycles. The standard InChI is InChI=1S/C18H22BrNO/c1-4-20-18(14-9-5-7-11-16(14)19)15-10-6-8-12-17(15)21-13(2)3/h5-13,18,20H,4H2,1-3H3.